The Balaban J connectivity index is 2.58. The third-order valence-electron chi connectivity index (χ3n) is 3.24. The van der Waals surface area contributed by atoms with E-state index in [1.807, 2.05) is 0 Å². The van der Waals surface area contributed by atoms with E-state index in [1.165, 1.54) is 12.8 Å². The lowest BCUT2D eigenvalue weighted by Gasteiger charge is -2.36. The lowest BCUT2D eigenvalue weighted by Crippen LogP contribution is -2.35. The van der Waals surface area contributed by atoms with E-state index in [2.05, 4.69) is 27.7 Å². The molecule has 1 rings (SSSR count). The molecule has 0 N–H and O–H groups in total. The largest absolute Gasteiger partial charge is 0.462 e. The zero-order valence-corrected chi connectivity index (χ0v) is 9.45. The number of hydrogen-bond acceptors (Lipinski definition) is 2. The van der Waals surface area contributed by atoms with Gasteiger partial charge >= 0.3 is 5.97 Å². The third kappa shape index (κ3) is 3.00. The molecule has 2 heteroatoms. The fraction of sp³-hybridized carbons (Fsp3) is 0.833. The molecule has 0 heterocycles. The van der Waals surface area contributed by atoms with Gasteiger partial charge in [-0.1, -0.05) is 27.2 Å². The summed E-state index contributed by atoms with van der Waals surface area (Å²) in [7, 11) is 0. The highest BCUT2D eigenvalue weighted by Gasteiger charge is 2.32. The Morgan fingerprint density at radius 2 is 2.07 bits per heavy atom. The molecule has 0 spiro atoms. The van der Waals surface area contributed by atoms with Gasteiger partial charge in [0.15, 0.2) is 0 Å². The Labute approximate surface area is 87.0 Å². The molecule has 1 aliphatic carbocycles. The lowest BCUT2D eigenvalue weighted by atomic mass is 9.75. The Bertz CT molecular complexity index is 198. The summed E-state index contributed by atoms with van der Waals surface area (Å²) in [4.78, 5) is 10.9. The number of esters is 1. The highest BCUT2D eigenvalue weighted by atomic mass is 16.5. The second-order valence-corrected chi connectivity index (χ2v) is 4.85. The predicted octanol–water partition coefficient (Wildman–Crippen LogP) is 2.82. The molecule has 81 valence electrons. The summed E-state index contributed by atoms with van der Waals surface area (Å²) in [6, 6.07) is 0. The molecular formula is C12H21O2. The first-order valence-corrected chi connectivity index (χ1v) is 5.53. The van der Waals surface area contributed by atoms with Crippen molar-refractivity contribution in [1.82, 2.24) is 0 Å². The number of rotatable bonds is 2. The van der Waals surface area contributed by atoms with Gasteiger partial charge in [-0.15, -0.1) is 0 Å². The second-order valence-electron chi connectivity index (χ2n) is 4.85. The highest BCUT2D eigenvalue weighted by molar-refractivity contribution is 5.73. The zero-order chi connectivity index (χ0) is 10.7. The van der Waals surface area contributed by atoms with Crippen LogP contribution in [0.2, 0.25) is 0 Å². The van der Waals surface area contributed by atoms with Gasteiger partial charge in [0.05, 0.1) is 6.92 Å². The molecule has 1 aliphatic rings. The van der Waals surface area contributed by atoms with Crippen molar-refractivity contribution in [2.24, 2.45) is 17.8 Å². The van der Waals surface area contributed by atoms with Crippen LogP contribution in [0.25, 0.3) is 0 Å². The molecule has 3 unspecified atom stereocenters. The smallest absolute Gasteiger partial charge is 0.306 e. The molecule has 1 fully saturated rings. The Hall–Kier alpha value is -0.530. The second kappa shape index (κ2) is 4.81. The van der Waals surface area contributed by atoms with Crippen LogP contribution < -0.4 is 0 Å². The van der Waals surface area contributed by atoms with E-state index in [-0.39, 0.29) is 12.1 Å². The molecular weight excluding hydrogens is 176 g/mol. The highest BCUT2D eigenvalue weighted by Crippen LogP contribution is 2.35. The molecule has 1 radical (unpaired) electrons. The molecule has 3 atom stereocenters. The van der Waals surface area contributed by atoms with Crippen LogP contribution in [0.4, 0.5) is 0 Å². The van der Waals surface area contributed by atoms with E-state index in [0.29, 0.717) is 17.8 Å². The van der Waals surface area contributed by atoms with Crippen molar-refractivity contribution in [2.45, 2.75) is 46.1 Å². The van der Waals surface area contributed by atoms with E-state index < -0.39 is 0 Å². The summed E-state index contributed by atoms with van der Waals surface area (Å²) in [6.07, 6.45) is 3.54. The standard InChI is InChI=1S/C12H21O2/c1-8(2)11-6-5-9(3)7-12(11)14-10(4)13/h8-9,11-12H,4-7H2,1-3H3. The lowest BCUT2D eigenvalue weighted by molar-refractivity contribution is -0.150. The van der Waals surface area contributed by atoms with Crippen LogP contribution in [0.5, 0.6) is 0 Å². The van der Waals surface area contributed by atoms with Crippen molar-refractivity contribution in [3.63, 3.8) is 0 Å². The van der Waals surface area contributed by atoms with Crippen LogP contribution in [0, 0.1) is 24.7 Å². The minimum absolute atomic E-state index is 0.101. The van der Waals surface area contributed by atoms with Crippen molar-refractivity contribution < 1.29 is 9.53 Å². The molecule has 0 bridgehead atoms. The van der Waals surface area contributed by atoms with E-state index in [0.717, 1.165) is 6.42 Å². The van der Waals surface area contributed by atoms with Crippen LogP contribution in [0.15, 0.2) is 0 Å². The van der Waals surface area contributed by atoms with Crippen molar-refractivity contribution in [3.8, 4) is 0 Å². The van der Waals surface area contributed by atoms with E-state index in [9.17, 15) is 4.79 Å². The summed E-state index contributed by atoms with van der Waals surface area (Å²) in [5.74, 6) is 1.41. The van der Waals surface area contributed by atoms with Gasteiger partial charge in [-0.25, -0.2) is 0 Å². The van der Waals surface area contributed by atoms with E-state index in [4.69, 9.17) is 4.74 Å². The van der Waals surface area contributed by atoms with Gasteiger partial charge in [-0.05, 0) is 30.6 Å². The van der Waals surface area contributed by atoms with Gasteiger partial charge in [-0.3, -0.25) is 4.79 Å². The molecule has 0 aliphatic heterocycles. The molecule has 0 amide bonds. The van der Waals surface area contributed by atoms with Gasteiger partial charge in [0, 0.05) is 0 Å². The Kier molecular flexibility index (Phi) is 3.97. The van der Waals surface area contributed by atoms with Gasteiger partial charge in [0.2, 0.25) is 0 Å². The fourth-order valence-corrected chi connectivity index (χ4v) is 2.42. The molecule has 2 nitrogen and oxygen atoms in total. The maximum absolute atomic E-state index is 10.9. The molecule has 0 saturated heterocycles. The predicted molar refractivity (Wildman–Crippen MR) is 56.6 cm³/mol. The average molecular weight is 197 g/mol. The monoisotopic (exact) mass is 197 g/mol. The van der Waals surface area contributed by atoms with Gasteiger partial charge in [0.1, 0.15) is 6.10 Å². The molecule has 14 heavy (non-hydrogen) atoms. The van der Waals surface area contributed by atoms with Crippen LogP contribution in [-0.4, -0.2) is 12.1 Å². The third-order valence-corrected chi connectivity index (χ3v) is 3.24. The zero-order valence-electron chi connectivity index (χ0n) is 9.45. The van der Waals surface area contributed by atoms with Gasteiger partial charge < -0.3 is 4.74 Å². The summed E-state index contributed by atoms with van der Waals surface area (Å²) in [6.45, 7) is 9.91. The van der Waals surface area contributed by atoms with Crippen LogP contribution in [0.1, 0.15) is 40.0 Å². The van der Waals surface area contributed by atoms with E-state index >= 15 is 0 Å². The Morgan fingerprint density at radius 3 is 2.57 bits per heavy atom. The minimum Gasteiger partial charge on any atom is -0.462 e. The number of carbonyl (C=O) groups excluding carboxylic acids is 1. The number of ether oxygens (including phenoxy) is 1. The normalized spacial score (nSPS) is 33.1. The van der Waals surface area contributed by atoms with E-state index in [1.54, 1.807) is 0 Å². The maximum atomic E-state index is 10.9. The molecule has 0 aromatic rings. The first-order chi connectivity index (χ1) is 6.50. The summed E-state index contributed by atoms with van der Waals surface area (Å²) in [5, 5.41) is 0. The quantitative estimate of drug-likeness (QED) is 0.636. The topological polar surface area (TPSA) is 26.3 Å². The number of carbonyl (C=O) groups is 1. The van der Waals surface area contributed by atoms with Crippen LogP contribution >= 0.6 is 0 Å². The minimum atomic E-state index is -0.380. The van der Waals surface area contributed by atoms with Crippen molar-refractivity contribution in [1.29, 1.82) is 0 Å². The summed E-state index contributed by atoms with van der Waals surface area (Å²) >= 11 is 0. The van der Waals surface area contributed by atoms with Crippen molar-refractivity contribution in [3.05, 3.63) is 6.92 Å². The number of hydrogen-bond donors (Lipinski definition) is 0. The average Bonchev–Trinajstić information content (AvgIpc) is 2.01. The van der Waals surface area contributed by atoms with Crippen LogP contribution in [-0.2, 0) is 9.53 Å². The Morgan fingerprint density at radius 1 is 1.43 bits per heavy atom. The fourth-order valence-electron chi connectivity index (χ4n) is 2.42. The van der Waals surface area contributed by atoms with Crippen LogP contribution in [0.3, 0.4) is 0 Å². The first kappa shape index (κ1) is 11.5. The van der Waals surface area contributed by atoms with Gasteiger partial charge in [0.25, 0.3) is 0 Å². The first-order valence-electron chi connectivity index (χ1n) is 5.53. The van der Waals surface area contributed by atoms with Crippen molar-refractivity contribution in [2.75, 3.05) is 0 Å². The van der Waals surface area contributed by atoms with Gasteiger partial charge in [-0.2, -0.15) is 0 Å². The molecule has 1 saturated carbocycles. The summed E-state index contributed by atoms with van der Waals surface area (Å²) < 4.78 is 5.29. The maximum Gasteiger partial charge on any atom is 0.306 e. The summed E-state index contributed by atoms with van der Waals surface area (Å²) in [5.41, 5.74) is 0. The molecule has 0 aromatic heterocycles. The SMILES string of the molecule is [CH2]C(=O)OC1CC(C)CCC1C(C)C. The molecule has 0 aromatic carbocycles. The van der Waals surface area contributed by atoms with Crippen molar-refractivity contribution >= 4 is 5.97 Å².